The van der Waals surface area contributed by atoms with Gasteiger partial charge in [-0.3, -0.25) is 0 Å². The maximum Gasteiger partial charge on any atom is 0.442 e. The van der Waals surface area contributed by atoms with Gasteiger partial charge in [-0.2, -0.15) is 13.2 Å². The molecular weight excluding hydrogens is 345 g/mol. The third-order valence-corrected chi connectivity index (χ3v) is 4.08. The first-order valence-corrected chi connectivity index (χ1v) is 7.72. The van der Waals surface area contributed by atoms with Gasteiger partial charge < -0.3 is 9.47 Å². The smallest absolute Gasteiger partial charge is 0.442 e. The average molecular weight is 360 g/mol. The van der Waals surface area contributed by atoms with E-state index in [0.717, 1.165) is 5.56 Å². The Morgan fingerprint density at radius 2 is 1.77 bits per heavy atom. The molecule has 0 spiro atoms. The van der Waals surface area contributed by atoms with E-state index >= 15 is 0 Å². The van der Waals surface area contributed by atoms with Gasteiger partial charge in [0.2, 0.25) is 0 Å². The largest absolute Gasteiger partial charge is 0.497 e. The van der Waals surface area contributed by atoms with Crippen molar-refractivity contribution in [2.75, 3.05) is 7.11 Å². The molecule has 0 fully saturated rings. The summed E-state index contributed by atoms with van der Waals surface area (Å²) in [5, 5.41) is 6.52. The molecule has 4 nitrogen and oxygen atoms in total. The van der Waals surface area contributed by atoms with Gasteiger partial charge >= 0.3 is 11.8 Å². The molecule has 0 saturated heterocycles. The normalized spacial score (nSPS) is 14.7. The van der Waals surface area contributed by atoms with Crippen molar-refractivity contribution in [2.45, 2.75) is 25.1 Å². The minimum absolute atomic E-state index is 0.0788. The van der Waals surface area contributed by atoms with E-state index in [1.165, 1.54) is 12.1 Å². The molecule has 0 radical (unpaired) electrons. The van der Waals surface area contributed by atoms with E-state index in [2.05, 4.69) is 16.1 Å². The van der Waals surface area contributed by atoms with Crippen LogP contribution in [0.2, 0.25) is 0 Å². The summed E-state index contributed by atoms with van der Waals surface area (Å²) in [4.78, 5) is 0. The molecule has 134 valence electrons. The lowest BCUT2D eigenvalue weighted by atomic mass is 9.93. The molecule has 3 rings (SSSR count). The number of methoxy groups -OCH3 is 1. The van der Waals surface area contributed by atoms with Gasteiger partial charge in [0.15, 0.2) is 0 Å². The topological polar surface area (TPSA) is 43.2 Å². The maximum atomic E-state index is 13.4. The van der Waals surface area contributed by atoms with Crippen LogP contribution in [0.15, 0.2) is 52.7 Å². The quantitative estimate of drug-likeness (QED) is 0.708. The van der Waals surface area contributed by atoms with Gasteiger partial charge in [0.25, 0.3) is 0 Å². The predicted molar refractivity (Wildman–Crippen MR) is 88.5 cm³/mol. The van der Waals surface area contributed by atoms with Gasteiger partial charge in [0.05, 0.1) is 20.3 Å². The number of alkyl halides is 3. The van der Waals surface area contributed by atoms with Gasteiger partial charge in [-0.05, 0) is 23.8 Å². The van der Waals surface area contributed by atoms with Crippen LogP contribution in [0.3, 0.4) is 0 Å². The second-order valence-electron chi connectivity index (χ2n) is 5.69. The Bertz CT molecular complexity index is 862. The highest BCUT2D eigenvalue weighted by molar-refractivity contribution is 5.48. The predicted octanol–water partition coefficient (Wildman–Crippen LogP) is 4.57. The number of ether oxygens (including phenoxy) is 2. The third-order valence-electron chi connectivity index (χ3n) is 4.08. The molecular formula is C19H15F3N2O2. The van der Waals surface area contributed by atoms with Crippen molar-refractivity contribution in [3.63, 3.8) is 0 Å². The highest BCUT2D eigenvalue weighted by atomic mass is 19.4. The molecule has 0 saturated carbocycles. The zero-order valence-electron chi connectivity index (χ0n) is 13.9. The van der Waals surface area contributed by atoms with Gasteiger partial charge in [0, 0.05) is 16.7 Å². The number of halogens is 3. The Hall–Kier alpha value is -2.85. The van der Waals surface area contributed by atoms with Gasteiger partial charge in [0.1, 0.15) is 5.75 Å². The molecule has 2 aromatic carbocycles. The van der Waals surface area contributed by atoms with E-state index in [4.69, 9.17) is 15.9 Å². The number of hydrogen-bond acceptors (Lipinski definition) is 4. The maximum absolute atomic E-state index is 13.4. The van der Waals surface area contributed by atoms with Crippen molar-refractivity contribution >= 4 is 0 Å². The molecule has 1 aliphatic heterocycles. The summed E-state index contributed by atoms with van der Waals surface area (Å²) < 4.78 is 50.8. The third kappa shape index (κ3) is 3.28. The molecule has 0 N–H and O–H groups in total. The highest BCUT2D eigenvalue weighted by Gasteiger charge is 2.65. The second-order valence-corrected chi connectivity index (χ2v) is 5.69. The van der Waals surface area contributed by atoms with Crippen LogP contribution < -0.4 is 4.74 Å². The molecule has 0 aromatic heterocycles. The average Bonchev–Trinajstić information content (AvgIpc) is 3.44. The summed E-state index contributed by atoms with van der Waals surface area (Å²) >= 11 is 0. The molecule has 1 aliphatic rings. The van der Waals surface area contributed by atoms with Crippen molar-refractivity contribution in [3.05, 3.63) is 64.7 Å². The summed E-state index contributed by atoms with van der Waals surface area (Å²) in [5.74, 6) is 3.11. The second kappa shape index (κ2) is 6.81. The van der Waals surface area contributed by atoms with E-state index in [-0.39, 0.29) is 24.3 Å². The SMILES string of the molecule is C#Cc1cccc(C2(C(F)(F)F)N=N2)c1COCc1ccc(OC)cc1. The summed E-state index contributed by atoms with van der Waals surface area (Å²) in [7, 11) is 1.56. The van der Waals surface area contributed by atoms with Crippen LogP contribution in [-0.4, -0.2) is 13.3 Å². The van der Waals surface area contributed by atoms with Crippen molar-refractivity contribution in [1.82, 2.24) is 0 Å². The molecule has 0 aliphatic carbocycles. The monoisotopic (exact) mass is 360 g/mol. The minimum Gasteiger partial charge on any atom is -0.497 e. The van der Waals surface area contributed by atoms with E-state index in [1.807, 2.05) is 12.1 Å². The summed E-state index contributed by atoms with van der Waals surface area (Å²) in [6, 6.07) is 11.6. The highest BCUT2D eigenvalue weighted by Crippen LogP contribution is 2.53. The summed E-state index contributed by atoms with van der Waals surface area (Å²) in [6.07, 6.45) is 0.825. The Kier molecular flexibility index (Phi) is 4.70. The van der Waals surface area contributed by atoms with Crippen LogP contribution in [0.5, 0.6) is 5.75 Å². The number of benzene rings is 2. The lowest BCUT2D eigenvalue weighted by molar-refractivity contribution is -0.166. The van der Waals surface area contributed by atoms with Crippen molar-refractivity contribution < 1.29 is 22.6 Å². The molecule has 7 heteroatoms. The van der Waals surface area contributed by atoms with Crippen LogP contribution in [0, 0.1) is 12.3 Å². The lowest BCUT2D eigenvalue weighted by Crippen LogP contribution is -2.31. The van der Waals surface area contributed by atoms with E-state index < -0.39 is 11.8 Å². The first-order chi connectivity index (χ1) is 12.4. The fourth-order valence-corrected chi connectivity index (χ4v) is 2.62. The zero-order valence-corrected chi connectivity index (χ0v) is 13.9. The Balaban J connectivity index is 1.80. The molecule has 0 bridgehead atoms. The van der Waals surface area contributed by atoms with Gasteiger partial charge in [-0.15, -0.1) is 16.7 Å². The molecule has 2 aromatic rings. The number of hydrogen-bond donors (Lipinski definition) is 0. The summed E-state index contributed by atoms with van der Waals surface area (Å²) in [5.41, 5.74) is -1.16. The van der Waals surface area contributed by atoms with Crippen molar-refractivity contribution in [3.8, 4) is 18.1 Å². The number of nitrogens with zero attached hydrogens (tertiary/aromatic N) is 2. The molecule has 0 unspecified atom stereocenters. The Morgan fingerprint density at radius 3 is 2.31 bits per heavy atom. The number of rotatable bonds is 6. The fraction of sp³-hybridized carbons (Fsp3) is 0.263. The summed E-state index contributed by atoms with van der Waals surface area (Å²) in [6.45, 7) is 0.139. The lowest BCUT2D eigenvalue weighted by Gasteiger charge is -2.19. The standard InChI is InChI=1S/C19H15F3N2O2/c1-3-14-5-4-6-17(18(23-24-18)19(20,21)22)16(14)12-26-11-13-7-9-15(25-2)10-8-13/h1,4-10H,11-12H2,2H3. The van der Waals surface area contributed by atoms with E-state index in [1.54, 1.807) is 25.3 Å². The Morgan fingerprint density at radius 1 is 1.08 bits per heavy atom. The van der Waals surface area contributed by atoms with Crippen LogP contribution in [-0.2, 0) is 23.6 Å². The van der Waals surface area contributed by atoms with Crippen LogP contribution in [0.1, 0.15) is 22.3 Å². The fourth-order valence-electron chi connectivity index (χ4n) is 2.62. The molecule has 26 heavy (non-hydrogen) atoms. The van der Waals surface area contributed by atoms with E-state index in [9.17, 15) is 13.2 Å². The van der Waals surface area contributed by atoms with Gasteiger partial charge in [-0.1, -0.05) is 30.2 Å². The van der Waals surface area contributed by atoms with Gasteiger partial charge in [-0.25, -0.2) is 0 Å². The van der Waals surface area contributed by atoms with E-state index in [0.29, 0.717) is 11.3 Å². The van der Waals surface area contributed by atoms with Crippen LogP contribution in [0.4, 0.5) is 13.2 Å². The first kappa shape index (κ1) is 18.0. The van der Waals surface area contributed by atoms with Crippen LogP contribution >= 0.6 is 0 Å². The minimum atomic E-state index is -4.62. The first-order valence-electron chi connectivity index (χ1n) is 7.72. The molecule has 0 amide bonds. The van der Waals surface area contributed by atoms with Crippen molar-refractivity contribution in [1.29, 1.82) is 0 Å². The molecule has 1 heterocycles. The Labute approximate surface area is 148 Å². The van der Waals surface area contributed by atoms with Crippen molar-refractivity contribution in [2.24, 2.45) is 10.2 Å². The number of terminal acetylenes is 1. The molecule has 0 atom stereocenters. The zero-order chi connectivity index (χ0) is 18.8. The van der Waals surface area contributed by atoms with Crippen LogP contribution in [0.25, 0.3) is 0 Å².